The summed E-state index contributed by atoms with van der Waals surface area (Å²) in [6.07, 6.45) is 5.15. The summed E-state index contributed by atoms with van der Waals surface area (Å²) in [5.41, 5.74) is -0.318. The van der Waals surface area contributed by atoms with Crippen LogP contribution in [0.15, 0.2) is 0 Å². The molecule has 22 heavy (non-hydrogen) atoms. The molecule has 3 heteroatoms. The van der Waals surface area contributed by atoms with Gasteiger partial charge in [-0.05, 0) is 37.0 Å². The Morgan fingerprint density at radius 1 is 1.05 bits per heavy atom. The third-order valence-corrected chi connectivity index (χ3v) is 6.63. The Kier molecular flexibility index (Phi) is 6.49. The topological polar surface area (TPSA) is 38.8 Å². The fourth-order valence-electron chi connectivity index (χ4n) is 3.41. The predicted molar refractivity (Wildman–Crippen MR) is 90.8 cm³/mol. The quantitative estimate of drug-likeness (QED) is 0.422. The number of hydrogen-bond donors (Lipinski definition) is 0. The Labute approximate surface area is 137 Å². The maximum absolute atomic E-state index is 13.0. The van der Waals surface area contributed by atoms with Crippen LogP contribution in [0, 0.1) is 16.2 Å². The molecule has 1 fully saturated rings. The maximum atomic E-state index is 13.0. The molecule has 1 saturated heterocycles. The molecule has 2 atom stereocenters. The lowest BCUT2D eigenvalue weighted by molar-refractivity contribution is -0.168. The zero-order valence-corrected chi connectivity index (χ0v) is 15.8. The Morgan fingerprint density at radius 3 is 1.91 bits per heavy atom. The number of ether oxygens (including phenoxy) is 2. The molecule has 0 aromatic rings. The fraction of sp³-hybridized carbons (Fsp3) is 0.947. The van der Waals surface area contributed by atoms with Gasteiger partial charge in [0.1, 0.15) is 12.7 Å². The van der Waals surface area contributed by atoms with Crippen molar-refractivity contribution >= 4 is 5.97 Å². The van der Waals surface area contributed by atoms with E-state index in [4.69, 9.17) is 9.47 Å². The van der Waals surface area contributed by atoms with E-state index in [9.17, 15) is 4.79 Å². The van der Waals surface area contributed by atoms with Gasteiger partial charge in [-0.25, -0.2) is 0 Å². The first kappa shape index (κ1) is 19.5. The van der Waals surface area contributed by atoms with Crippen molar-refractivity contribution < 1.29 is 14.3 Å². The van der Waals surface area contributed by atoms with Crippen molar-refractivity contribution in [3.63, 3.8) is 0 Å². The SMILES string of the molecule is CCC(C)(CC)CC(C)(C(=O)OCC1CO1)C(C)(CC)CC. The average molecular weight is 312 g/mol. The highest BCUT2D eigenvalue weighted by molar-refractivity contribution is 5.77. The third kappa shape index (κ3) is 4.04. The van der Waals surface area contributed by atoms with Gasteiger partial charge in [-0.1, -0.05) is 54.4 Å². The molecule has 0 amide bonds. The molecule has 1 aliphatic heterocycles. The number of epoxide rings is 1. The van der Waals surface area contributed by atoms with E-state index in [0.29, 0.717) is 6.61 Å². The molecule has 3 nitrogen and oxygen atoms in total. The summed E-state index contributed by atoms with van der Waals surface area (Å²) in [6, 6.07) is 0. The van der Waals surface area contributed by atoms with Crippen molar-refractivity contribution in [2.75, 3.05) is 13.2 Å². The van der Waals surface area contributed by atoms with Gasteiger partial charge in [0.25, 0.3) is 0 Å². The molecule has 0 radical (unpaired) electrons. The normalized spacial score (nSPS) is 21.3. The standard InChI is InChI=1S/C19H36O3/c1-8-17(5,9-2)14-19(7,18(6,10-3)11-4)16(20)22-13-15-12-21-15/h15H,8-14H2,1-7H3. The monoisotopic (exact) mass is 312 g/mol. The van der Waals surface area contributed by atoms with Crippen LogP contribution in [0.4, 0.5) is 0 Å². The molecule has 1 rings (SSSR count). The number of carbonyl (C=O) groups excluding carboxylic acids is 1. The molecule has 0 aromatic carbocycles. The average Bonchev–Trinajstić information content (AvgIpc) is 3.35. The van der Waals surface area contributed by atoms with Gasteiger partial charge in [0, 0.05) is 0 Å². The molecule has 0 aromatic heterocycles. The molecular weight excluding hydrogens is 276 g/mol. The molecule has 130 valence electrons. The summed E-state index contributed by atoms with van der Waals surface area (Å²) in [4.78, 5) is 13.0. The van der Waals surface area contributed by atoms with E-state index < -0.39 is 5.41 Å². The second-order valence-electron chi connectivity index (χ2n) is 7.85. The Balaban J connectivity index is 3.03. The largest absolute Gasteiger partial charge is 0.462 e. The molecule has 0 spiro atoms. The van der Waals surface area contributed by atoms with Crippen LogP contribution in [0.25, 0.3) is 0 Å². The van der Waals surface area contributed by atoms with E-state index in [1.807, 2.05) is 0 Å². The first-order valence-electron chi connectivity index (χ1n) is 8.99. The van der Waals surface area contributed by atoms with Crippen molar-refractivity contribution in [1.82, 2.24) is 0 Å². The van der Waals surface area contributed by atoms with Crippen molar-refractivity contribution in [2.45, 2.75) is 86.7 Å². The zero-order chi connectivity index (χ0) is 17.0. The van der Waals surface area contributed by atoms with Crippen LogP contribution < -0.4 is 0 Å². The minimum Gasteiger partial charge on any atom is -0.462 e. The molecule has 0 bridgehead atoms. The lowest BCUT2D eigenvalue weighted by Gasteiger charge is -2.48. The zero-order valence-electron chi connectivity index (χ0n) is 15.8. The smallest absolute Gasteiger partial charge is 0.312 e. The number of rotatable bonds is 10. The minimum absolute atomic E-state index is 0.0395. The summed E-state index contributed by atoms with van der Waals surface area (Å²) < 4.78 is 10.8. The fourth-order valence-corrected chi connectivity index (χ4v) is 3.41. The van der Waals surface area contributed by atoms with Gasteiger partial charge in [-0.15, -0.1) is 0 Å². The highest BCUT2D eigenvalue weighted by Gasteiger charge is 2.52. The van der Waals surface area contributed by atoms with E-state index >= 15 is 0 Å². The second kappa shape index (κ2) is 7.33. The van der Waals surface area contributed by atoms with Crippen LogP contribution in [0.5, 0.6) is 0 Å². The Hall–Kier alpha value is -0.570. The molecule has 1 aliphatic rings. The van der Waals surface area contributed by atoms with Crippen LogP contribution in [0.2, 0.25) is 0 Å². The lowest BCUT2D eigenvalue weighted by atomic mass is 9.56. The minimum atomic E-state index is -0.452. The highest BCUT2D eigenvalue weighted by atomic mass is 16.6. The summed E-state index contributed by atoms with van der Waals surface area (Å²) in [5, 5.41) is 0. The predicted octanol–water partition coefficient (Wildman–Crippen LogP) is 4.98. The van der Waals surface area contributed by atoms with Gasteiger partial charge in [-0.3, -0.25) is 4.79 Å². The van der Waals surface area contributed by atoms with Gasteiger partial charge in [0.2, 0.25) is 0 Å². The third-order valence-electron chi connectivity index (χ3n) is 6.63. The summed E-state index contributed by atoms with van der Waals surface area (Å²) >= 11 is 0. The molecule has 1 heterocycles. The number of hydrogen-bond acceptors (Lipinski definition) is 3. The molecule has 0 saturated carbocycles. The first-order chi connectivity index (χ1) is 10.2. The van der Waals surface area contributed by atoms with E-state index in [1.165, 1.54) is 0 Å². The van der Waals surface area contributed by atoms with E-state index in [2.05, 4.69) is 48.5 Å². The Bertz CT molecular complexity index is 365. The van der Waals surface area contributed by atoms with E-state index in [1.54, 1.807) is 0 Å². The van der Waals surface area contributed by atoms with Gasteiger partial charge >= 0.3 is 5.97 Å². The van der Waals surface area contributed by atoms with Crippen molar-refractivity contribution in [3.05, 3.63) is 0 Å². The summed E-state index contributed by atoms with van der Waals surface area (Å²) in [6.45, 7) is 16.6. The molecule has 2 unspecified atom stereocenters. The van der Waals surface area contributed by atoms with Crippen molar-refractivity contribution in [1.29, 1.82) is 0 Å². The molecule has 0 N–H and O–H groups in total. The van der Waals surface area contributed by atoms with Gasteiger partial charge in [-0.2, -0.15) is 0 Å². The maximum Gasteiger partial charge on any atom is 0.312 e. The second-order valence-corrected chi connectivity index (χ2v) is 7.85. The number of carbonyl (C=O) groups is 1. The van der Waals surface area contributed by atoms with Crippen LogP contribution in [-0.4, -0.2) is 25.3 Å². The van der Waals surface area contributed by atoms with Crippen LogP contribution in [0.1, 0.15) is 80.6 Å². The highest BCUT2D eigenvalue weighted by Crippen LogP contribution is 2.53. The summed E-state index contributed by atoms with van der Waals surface area (Å²) in [5.74, 6) is -0.0395. The van der Waals surface area contributed by atoms with Crippen LogP contribution in [0.3, 0.4) is 0 Å². The van der Waals surface area contributed by atoms with Crippen LogP contribution >= 0.6 is 0 Å². The van der Waals surface area contributed by atoms with E-state index in [0.717, 1.165) is 38.7 Å². The van der Waals surface area contributed by atoms with Crippen LogP contribution in [-0.2, 0) is 14.3 Å². The van der Waals surface area contributed by atoms with Gasteiger partial charge < -0.3 is 9.47 Å². The van der Waals surface area contributed by atoms with Gasteiger partial charge in [0.15, 0.2) is 0 Å². The lowest BCUT2D eigenvalue weighted by Crippen LogP contribution is -2.47. The Morgan fingerprint density at radius 2 is 1.55 bits per heavy atom. The number of esters is 1. The first-order valence-corrected chi connectivity index (χ1v) is 8.99. The van der Waals surface area contributed by atoms with Crippen molar-refractivity contribution in [2.24, 2.45) is 16.2 Å². The molecule has 0 aliphatic carbocycles. The van der Waals surface area contributed by atoms with E-state index in [-0.39, 0.29) is 22.9 Å². The molecular formula is C19H36O3. The van der Waals surface area contributed by atoms with Gasteiger partial charge in [0.05, 0.1) is 12.0 Å². The summed E-state index contributed by atoms with van der Waals surface area (Å²) in [7, 11) is 0. The van der Waals surface area contributed by atoms with Crippen molar-refractivity contribution in [3.8, 4) is 0 Å².